The van der Waals surface area contributed by atoms with Crippen molar-refractivity contribution in [2.24, 2.45) is 0 Å². The molecule has 0 amide bonds. The van der Waals surface area contributed by atoms with Gasteiger partial charge in [0.25, 0.3) is 0 Å². The van der Waals surface area contributed by atoms with E-state index in [0.717, 1.165) is 18.0 Å². The van der Waals surface area contributed by atoms with E-state index in [-0.39, 0.29) is 0 Å². The standard InChI is InChI=1S/C12H21BrN2S/c1-4-6-7-8-16-9-11-12(13)10(3)14-15(11)5-2/h4-9H2,1-3H3. The maximum absolute atomic E-state index is 4.50. The van der Waals surface area contributed by atoms with Crippen LogP contribution in [-0.2, 0) is 12.3 Å². The Morgan fingerprint density at radius 3 is 2.69 bits per heavy atom. The van der Waals surface area contributed by atoms with Crippen LogP contribution in [0.3, 0.4) is 0 Å². The van der Waals surface area contributed by atoms with Gasteiger partial charge in [-0.1, -0.05) is 19.8 Å². The van der Waals surface area contributed by atoms with Crippen LogP contribution in [0.5, 0.6) is 0 Å². The molecule has 0 bridgehead atoms. The molecule has 1 aromatic rings. The van der Waals surface area contributed by atoms with E-state index in [1.54, 1.807) is 0 Å². The summed E-state index contributed by atoms with van der Waals surface area (Å²) in [7, 11) is 0. The van der Waals surface area contributed by atoms with Crippen molar-refractivity contribution >= 4 is 27.7 Å². The highest BCUT2D eigenvalue weighted by atomic mass is 79.9. The number of rotatable bonds is 7. The summed E-state index contributed by atoms with van der Waals surface area (Å²) in [4.78, 5) is 0. The van der Waals surface area contributed by atoms with Gasteiger partial charge in [-0.2, -0.15) is 16.9 Å². The van der Waals surface area contributed by atoms with Gasteiger partial charge < -0.3 is 0 Å². The quantitative estimate of drug-likeness (QED) is 0.695. The lowest BCUT2D eigenvalue weighted by molar-refractivity contribution is 0.631. The van der Waals surface area contributed by atoms with Gasteiger partial charge in [-0.25, -0.2) is 0 Å². The first-order valence-corrected chi connectivity index (χ1v) is 7.95. The minimum Gasteiger partial charge on any atom is -0.268 e. The van der Waals surface area contributed by atoms with E-state index in [1.807, 2.05) is 11.8 Å². The summed E-state index contributed by atoms with van der Waals surface area (Å²) < 4.78 is 3.30. The van der Waals surface area contributed by atoms with Crippen LogP contribution in [0.15, 0.2) is 4.47 Å². The van der Waals surface area contributed by atoms with E-state index in [1.165, 1.54) is 35.2 Å². The number of halogens is 1. The Hall–Kier alpha value is 0.0400. The topological polar surface area (TPSA) is 17.8 Å². The van der Waals surface area contributed by atoms with Crippen molar-refractivity contribution in [1.29, 1.82) is 0 Å². The highest BCUT2D eigenvalue weighted by molar-refractivity contribution is 9.10. The van der Waals surface area contributed by atoms with Gasteiger partial charge in [-0.15, -0.1) is 0 Å². The van der Waals surface area contributed by atoms with Crippen LogP contribution in [-0.4, -0.2) is 15.5 Å². The number of aryl methyl sites for hydroxylation is 2. The van der Waals surface area contributed by atoms with E-state index >= 15 is 0 Å². The molecule has 4 heteroatoms. The second-order valence-electron chi connectivity index (χ2n) is 3.92. The molecule has 0 aliphatic heterocycles. The Bertz CT molecular complexity index is 323. The highest BCUT2D eigenvalue weighted by Gasteiger charge is 2.11. The van der Waals surface area contributed by atoms with E-state index in [2.05, 4.69) is 46.5 Å². The molecule has 1 rings (SSSR count). The third kappa shape index (κ3) is 3.81. The molecular weight excluding hydrogens is 284 g/mol. The van der Waals surface area contributed by atoms with E-state index in [0.29, 0.717) is 0 Å². The van der Waals surface area contributed by atoms with Crippen LogP contribution in [0.1, 0.15) is 44.5 Å². The van der Waals surface area contributed by atoms with Gasteiger partial charge in [0.05, 0.1) is 15.9 Å². The summed E-state index contributed by atoms with van der Waals surface area (Å²) >= 11 is 5.64. The minimum absolute atomic E-state index is 0.956. The molecule has 16 heavy (non-hydrogen) atoms. The lowest BCUT2D eigenvalue weighted by atomic mass is 10.3. The van der Waals surface area contributed by atoms with Crippen LogP contribution >= 0.6 is 27.7 Å². The maximum atomic E-state index is 4.50. The number of unbranched alkanes of at least 4 members (excludes halogenated alkanes) is 2. The summed E-state index contributed by atoms with van der Waals surface area (Å²) in [5.41, 5.74) is 2.44. The third-order valence-corrected chi connectivity index (χ3v) is 4.67. The molecule has 92 valence electrons. The predicted octanol–water partition coefficient (Wildman–Crippen LogP) is 4.40. The summed E-state index contributed by atoms with van der Waals surface area (Å²) in [6.07, 6.45) is 3.98. The van der Waals surface area contributed by atoms with Crippen molar-refractivity contribution in [2.75, 3.05) is 5.75 Å². The predicted molar refractivity (Wildman–Crippen MR) is 76.0 cm³/mol. The number of nitrogens with zero attached hydrogens (tertiary/aromatic N) is 2. The Morgan fingerprint density at radius 1 is 1.31 bits per heavy atom. The summed E-state index contributed by atoms with van der Waals surface area (Å²) in [6, 6.07) is 0. The zero-order valence-corrected chi connectivity index (χ0v) is 12.8. The van der Waals surface area contributed by atoms with Crippen LogP contribution in [0.25, 0.3) is 0 Å². The van der Waals surface area contributed by atoms with Gasteiger partial charge >= 0.3 is 0 Å². The fourth-order valence-corrected chi connectivity index (χ4v) is 3.28. The summed E-state index contributed by atoms with van der Waals surface area (Å²) in [5, 5.41) is 4.50. The molecular formula is C12H21BrN2S. The Kier molecular flexibility index (Phi) is 6.51. The molecule has 1 heterocycles. The van der Waals surface area contributed by atoms with Crippen molar-refractivity contribution in [2.45, 2.75) is 52.3 Å². The Labute approximate surface area is 111 Å². The number of aromatic nitrogens is 2. The molecule has 0 aliphatic carbocycles. The molecule has 0 aromatic carbocycles. The number of hydrogen-bond acceptors (Lipinski definition) is 2. The second-order valence-corrected chi connectivity index (χ2v) is 5.82. The monoisotopic (exact) mass is 304 g/mol. The van der Waals surface area contributed by atoms with E-state index < -0.39 is 0 Å². The average molecular weight is 305 g/mol. The van der Waals surface area contributed by atoms with Crippen molar-refractivity contribution in [3.05, 3.63) is 15.9 Å². The fourth-order valence-electron chi connectivity index (χ4n) is 1.63. The van der Waals surface area contributed by atoms with Gasteiger partial charge in [-0.05, 0) is 42.0 Å². The molecule has 1 aromatic heterocycles. The number of thioether (sulfide) groups is 1. The minimum atomic E-state index is 0.956. The van der Waals surface area contributed by atoms with Crippen LogP contribution in [0.2, 0.25) is 0 Å². The first-order chi connectivity index (χ1) is 7.70. The lowest BCUT2D eigenvalue weighted by Gasteiger charge is -2.05. The first-order valence-electron chi connectivity index (χ1n) is 6.00. The van der Waals surface area contributed by atoms with E-state index in [4.69, 9.17) is 0 Å². The normalized spacial score (nSPS) is 11.0. The zero-order valence-electron chi connectivity index (χ0n) is 10.4. The smallest absolute Gasteiger partial charge is 0.0739 e. The molecule has 0 aliphatic rings. The van der Waals surface area contributed by atoms with Crippen molar-refractivity contribution in [3.8, 4) is 0 Å². The molecule has 0 atom stereocenters. The van der Waals surface area contributed by atoms with Gasteiger partial charge in [0, 0.05) is 12.3 Å². The highest BCUT2D eigenvalue weighted by Crippen LogP contribution is 2.25. The van der Waals surface area contributed by atoms with Crippen molar-refractivity contribution < 1.29 is 0 Å². The van der Waals surface area contributed by atoms with Crippen molar-refractivity contribution in [1.82, 2.24) is 9.78 Å². The van der Waals surface area contributed by atoms with Crippen LogP contribution < -0.4 is 0 Å². The first kappa shape index (κ1) is 14.1. The van der Waals surface area contributed by atoms with Gasteiger partial charge in [-0.3, -0.25) is 4.68 Å². The van der Waals surface area contributed by atoms with Gasteiger partial charge in [0.15, 0.2) is 0 Å². The fraction of sp³-hybridized carbons (Fsp3) is 0.750. The molecule has 0 radical (unpaired) electrons. The zero-order chi connectivity index (χ0) is 12.0. The van der Waals surface area contributed by atoms with Crippen LogP contribution in [0.4, 0.5) is 0 Å². The molecule has 0 saturated heterocycles. The molecule has 0 unspecified atom stereocenters. The third-order valence-electron chi connectivity index (χ3n) is 2.58. The Balaban J connectivity index is 2.46. The Morgan fingerprint density at radius 2 is 2.06 bits per heavy atom. The molecule has 2 nitrogen and oxygen atoms in total. The van der Waals surface area contributed by atoms with Gasteiger partial charge in [0.2, 0.25) is 0 Å². The maximum Gasteiger partial charge on any atom is 0.0739 e. The second kappa shape index (κ2) is 7.38. The SMILES string of the molecule is CCCCCSCc1c(Br)c(C)nn1CC. The van der Waals surface area contributed by atoms with Crippen LogP contribution in [0, 0.1) is 6.92 Å². The summed E-state index contributed by atoms with van der Waals surface area (Å²) in [5.74, 6) is 2.33. The van der Waals surface area contributed by atoms with Gasteiger partial charge in [0.1, 0.15) is 0 Å². The van der Waals surface area contributed by atoms with Crippen molar-refractivity contribution in [3.63, 3.8) is 0 Å². The average Bonchev–Trinajstić information content (AvgIpc) is 2.56. The lowest BCUT2D eigenvalue weighted by Crippen LogP contribution is -2.02. The summed E-state index contributed by atoms with van der Waals surface area (Å²) in [6.45, 7) is 7.40. The molecule has 0 N–H and O–H groups in total. The molecule has 0 fully saturated rings. The molecule has 0 spiro atoms. The molecule has 0 saturated carbocycles. The van der Waals surface area contributed by atoms with E-state index in [9.17, 15) is 0 Å². The largest absolute Gasteiger partial charge is 0.268 e. The number of hydrogen-bond donors (Lipinski definition) is 0.